The van der Waals surface area contributed by atoms with Crippen LogP contribution in [0.1, 0.15) is 50.8 Å². The van der Waals surface area contributed by atoms with Gasteiger partial charge in [0, 0.05) is 25.6 Å². The lowest BCUT2D eigenvalue weighted by molar-refractivity contribution is -0.692. The zero-order chi connectivity index (χ0) is 18.3. The highest BCUT2D eigenvalue weighted by molar-refractivity contribution is 5.84. The summed E-state index contributed by atoms with van der Waals surface area (Å²) in [7, 11) is 3.35. The second kappa shape index (κ2) is 9.42. The van der Waals surface area contributed by atoms with Crippen molar-refractivity contribution in [3.05, 3.63) is 35.4 Å². The summed E-state index contributed by atoms with van der Waals surface area (Å²) < 4.78 is 0. The summed E-state index contributed by atoms with van der Waals surface area (Å²) in [5, 5.41) is 4.72. The first kappa shape index (κ1) is 20.2. The number of hydrogen-bond donors (Lipinski definition) is 2. The van der Waals surface area contributed by atoms with Crippen LogP contribution >= 0.6 is 0 Å². The quantitative estimate of drug-likeness (QED) is 0.752. The molecule has 0 aliphatic carbocycles. The van der Waals surface area contributed by atoms with Crippen molar-refractivity contribution in [3.8, 4) is 0 Å². The largest absolute Gasteiger partial charge is 0.347 e. The Balaban J connectivity index is 2.60. The lowest BCUT2D eigenvalue weighted by Crippen LogP contribution is -2.88. The van der Waals surface area contributed by atoms with Crippen molar-refractivity contribution in [2.24, 2.45) is 5.92 Å². The number of carbonyl (C=O) groups excluding carboxylic acids is 2. The average molecular weight is 334 g/mol. The molecule has 0 heterocycles. The van der Waals surface area contributed by atoms with E-state index in [0.29, 0.717) is 18.4 Å². The van der Waals surface area contributed by atoms with Gasteiger partial charge in [-0.15, -0.1) is 0 Å². The van der Waals surface area contributed by atoms with Gasteiger partial charge in [-0.3, -0.25) is 9.59 Å². The number of rotatable bonds is 8. The third kappa shape index (κ3) is 6.32. The third-order valence-corrected chi connectivity index (χ3v) is 4.20. The minimum atomic E-state index is -0.116. The smallest absolute Gasteiger partial charge is 0.275 e. The van der Waals surface area contributed by atoms with Gasteiger partial charge < -0.3 is 15.5 Å². The first-order chi connectivity index (χ1) is 11.2. The van der Waals surface area contributed by atoms with E-state index < -0.39 is 0 Å². The minimum absolute atomic E-state index is 0.0507. The van der Waals surface area contributed by atoms with Crippen molar-refractivity contribution in [2.75, 3.05) is 27.2 Å². The van der Waals surface area contributed by atoms with Crippen LogP contribution in [0, 0.1) is 5.92 Å². The van der Waals surface area contributed by atoms with Crippen LogP contribution in [0.5, 0.6) is 0 Å². The van der Waals surface area contributed by atoms with Crippen LogP contribution in [0.3, 0.4) is 0 Å². The van der Waals surface area contributed by atoms with Gasteiger partial charge in [0.1, 0.15) is 6.04 Å². The van der Waals surface area contributed by atoms with Gasteiger partial charge in [-0.2, -0.15) is 0 Å². The molecule has 1 aromatic rings. The summed E-state index contributed by atoms with van der Waals surface area (Å²) in [6.07, 6.45) is 0. The molecule has 2 amide bonds. The maximum atomic E-state index is 12.0. The van der Waals surface area contributed by atoms with Gasteiger partial charge >= 0.3 is 0 Å². The second-order valence-electron chi connectivity index (χ2n) is 7.10. The molecule has 134 valence electrons. The number of quaternary nitrogens is 1. The van der Waals surface area contributed by atoms with Crippen molar-refractivity contribution < 1.29 is 14.9 Å². The number of carbonyl (C=O) groups is 2. The molecule has 5 nitrogen and oxygen atoms in total. The number of nitrogens with zero attached hydrogens (tertiary/aromatic N) is 1. The van der Waals surface area contributed by atoms with Gasteiger partial charge in [-0.05, 0) is 11.5 Å². The highest BCUT2D eigenvalue weighted by atomic mass is 16.2. The summed E-state index contributed by atoms with van der Waals surface area (Å²) in [4.78, 5) is 24.9. The Morgan fingerprint density at radius 2 is 1.58 bits per heavy atom. The van der Waals surface area contributed by atoms with E-state index in [9.17, 15) is 9.59 Å². The fraction of sp³-hybridized carbons (Fsp3) is 0.579. The molecule has 0 unspecified atom stereocenters. The molecule has 0 aliphatic heterocycles. The van der Waals surface area contributed by atoms with Crippen molar-refractivity contribution in [1.82, 2.24) is 10.2 Å². The number of likely N-dealkylation sites (N-methyl/N-ethyl adjacent to an activating group) is 1. The number of nitrogens with two attached hydrogens (primary N) is 1. The SMILES string of the molecule is CC(C)c1ccc([C@H]([NH2+]CC(=O)NCC(=O)N(C)C)C(C)C)cc1. The van der Waals surface area contributed by atoms with E-state index in [4.69, 9.17) is 0 Å². The first-order valence-electron chi connectivity index (χ1n) is 8.62. The number of hydrogen-bond acceptors (Lipinski definition) is 2. The zero-order valence-electron chi connectivity index (χ0n) is 15.8. The Morgan fingerprint density at radius 1 is 1.04 bits per heavy atom. The minimum Gasteiger partial charge on any atom is -0.347 e. The molecule has 1 rings (SSSR count). The van der Waals surface area contributed by atoms with Gasteiger partial charge in [-0.25, -0.2) is 0 Å². The van der Waals surface area contributed by atoms with Crippen LogP contribution < -0.4 is 10.6 Å². The lowest BCUT2D eigenvalue weighted by atomic mass is 9.93. The lowest BCUT2D eigenvalue weighted by Gasteiger charge is -2.20. The summed E-state index contributed by atoms with van der Waals surface area (Å²) >= 11 is 0. The average Bonchev–Trinajstić information content (AvgIpc) is 2.52. The van der Waals surface area contributed by atoms with E-state index in [1.807, 2.05) is 5.32 Å². The number of benzene rings is 1. The standard InChI is InChI=1S/C19H31N3O2/c1-13(2)15-7-9-16(10-8-15)19(14(3)4)21-11-17(23)20-12-18(24)22(5)6/h7-10,13-14,19,21H,11-12H2,1-6H3,(H,20,23)/p+1/t19-/m1/s1. The van der Waals surface area contributed by atoms with E-state index in [1.54, 1.807) is 14.1 Å². The van der Waals surface area contributed by atoms with Crippen LogP contribution in [0.4, 0.5) is 0 Å². The monoisotopic (exact) mass is 334 g/mol. The molecule has 0 aromatic heterocycles. The van der Waals surface area contributed by atoms with Gasteiger partial charge in [-0.1, -0.05) is 52.0 Å². The second-order valence-corrected chi connectivity index (χ2v) is 7.10. The van der Waals surface area contributed by atoms with Crippen LogP contribution in [0.2, 0.25) is 0 Å². The molecule has 24 heavy (non-hydrogen) atoms. The van der Waals surface area contributed by atoms with Crippen molar-refractivity contribution in [3.63, 3.8) is 0 Å². The third-order valence-electron chi connectivity index (χ3n) is 4.20. The molecular weight excluding hydrogens is 302 g/mol. The fourth-order valence-corrected chi connectivity index (χ4v) is 2.53. The highest BCUT2D eigenvalue weighted by Crippen LogP contribution is 2.21. The van der Waals surface area contributed by atoms with E-state index in [2.05, 4.69) is 57.3 Å². The molecule has 0 aliphatic rings. The molecule has 0 fully saturated rings. The van der Waals surface area contributed by atoms with Crippen LogP contribution in [-0.2, 0) is 9.59 Å². The van der Waals surface area contributed by atoms with Crippen molar-refractivity contribution in [1.29, 1.82) is 0 Å². The molecule has 1 aromatic carbocycles. The van der Waals surface area contributed by atoms with Crippen LogP contribution in [0.15, 0.2) is 24.3 Å². The predicted molar refractivity (Wildman–Crippen MR) is 96.6 cm³/mol. The maximum absolute atomic E-state index is 12.0. The number of amides is 2. The van der Waals surface area contributed by atoms with Crippen LogP contribution in [0.25, 0.3) is 0 Å². The summed E-state index contributed by atoms with van der Waals surface area (Å²) in [5.74, 6) is 0.703. The number of nitrogens with one attached hydrogen (secondary N) is 1. The molecule has 0 radical (unpaired) electrons. The summed E-state index contributed by atoms with van der Waals surface area (Å²) in [6, 6.07) is 8.87. The van der Waals surface area contributed by atoms with E-state index >= 15 is 0 Å². The van der Waals surface area contributed by atoms with E-state index in [-0.39, 0.29) is 24.4 Å². The molecular formula is C19H32N3O2+. The Hall–Kier alpha value is -1.88. The van der Waals surface area contributed by atoms with E-state index in [0.717, 1.165) is 0 Å². The molecule has 0 bridgehead atoms. The molecule has 1 atom stereocenters. The van der Waals surface area contributed by atoms with E-state index in [1.165, 1.54) is 16.0 Å². The molecule has 5 heteroatoms. The topological polar surface area (TPSA) is 66.0 Å². The molecule has 3 N–H and O–H groups in total. The Kier molecular flexibility index (Phi) is 7.92. The van der Waals surface area contributed by atoms with Crippen LogP contribution in [-0.4, -0.2) is 43.9 Å². The normalized spacial score (nSPS) is 12.3. The highest BCUT2D eigenvalue weighted by Gasteiger charge is 2.20. The van der Waals surface area contributed by atoms with Gasteiger partial charge in [0.2, 0.25) is 5.91 Å². The molecule has 0 saturated heterocycles. The Labute approximate surface area is 145 Å². The summed E-state index contributed by atoms with van der Waals surface area (Å²) in [6.45, 7) is 9.04. The Morgan fingerprint density at radius 3 is 2.04 bits per heavy atom. The predicted octanol–water partition coefficient (Wildman–Crippen LogP) is 1.27. The first-order valence-corrected chi connectivity index (χ1v) is 8.62. The fourth-order valence-electron chi connectivity index (χ4n) is 2.53. The maximum Gasteiger partial charge on any atom is 0.275 e. The van der Waals surface area contributed by atoms with Gasteiger partial charge in [0.25, 0.3) is 5.91 Å². The zero-order valence-corrected chi connectivity index (χ0v) is 15.8. The summed E-state index contributed by atoms with van der Waals surface area (Å²) in [5.41, 5.74) is 2.55. The molecule has 0 spiro atoms. The van der Waals surface area contributed by atoms with Crippen molar-refractivity contribution in [2.45, 2.75) is 39.7 Å². The van der Waals surface area contributed by atoms with Crippen molar-refractivity contribution >= 4 is 11.8 Å². The van der Waals surface area contributed by atoms with Gasteiger partial charge in [0.15, 0.2) is 6.54 Å². The molecule has 0 saturated carbocycles. The van der Waals surface area contributed by atoms with Gasteiger partial charge in [0.05, 0.1) is 6.54 Å². The Bertz CT molecular complexity index is 536.